The number of rotatable bonds is 4. The molecule has 16 heavy (non-hydrogen) atoms. The van der Waals surface area contributed by atoms with Gasteiger partial charge in [-0.3, -0.25) is 4.21 Å². The molecule has 0 saturated carbocycles. The Morgan fingerprint density at radius 2 is 2.19 bits per heavy atom. The van der Waals surface area contributed by atoms with E-state index < -0.39 is 10.8 Å². The molecule has 2 nitrogen and oxygen atoms in total. The van der Waals surface area contributed by atoms with Crippen LogP contribution in [-0.4, -0.2) is 10.5 Å². The van der Waals surface area contributed by atoms with Crippen LogP contribution in [0.15, 0.2) is 46.7 Å². The van der Waals surface area contributed by atoms with Crippen molar-refractivity contribution in [2.45, 2.75) is 11.4 Å². The van der Waals surface area contributed by atoms with Gasteiger partial charge in [-0.2, -0.15) is 0 Å². The zero-order valence-electron chi connectivity index (χ0n) is 8.97. The summed E-state index contributed by atoms with van der Waals surface area (Å²) in [6.45, 7) is 0.817. The van der Waals surface area contributed by atoms with Gasteiger partial charge in [-0.1, -0.05) is 12.1 Å². The molecule has 1 atom stereocenters. The second-order valence-electron chi connectivity index (χ2n) is 3.41. The third-order valence-corrected chi connectivity index (χ3v) is 4.01. The number of hydrogen-bond donors (Lipinski definition) is 1. The molecule has 0 fully saturated rings. The number of benzene rings is 1. The van der Waals surface area contributed by atoms with E-state index in [1.165, 1.54) is 4.88 Å². The molecule has 0 spiro atoms. The summed E-state index contributed by atoms with van der Waals surface area (Å²) in [6, 6.07) is 11.9. The minimum absolute atomic E-state index is 0.817. The van der Waals surface area contributed by atoms with Crippen LogP contribution in [0.2, 0.25) is 0 Å². The van der Waals surface area contributed by atoms with Gasteiger partial charge in [0.15, 0.2) is 0 Å². The van der Waals surface area contributed by atoms with Crippen LogP contribution in [-0.2, 0) is 17.3 Å². The molecule has 0 aliphatic carbocycles. The van der Waals surface area contributed by atoms with Gasteiger partial charge in [0.25, 0.3) is 0 Å². The molecule has 0 aliphatic heterocycles. The molecule has 0 aliphatic rings. The first-order chi connectivity index (χ1) is 7.75. The summed E-state index contributed by atoms with van der Waals surface area (Å²) in [6.07, 6.45) is 1.69. The van der Waals surface area contributed by atoms with E-state index in [-0.39, 0.29) is 0 Å². The van der Waals surface area contributed by atoms with Gasteiger partial charge in [0, 0.05) is 39.1 Å². The van der Waals surface area contributed by atoms with Gasteiger partial charge < -0.3 is 5.32 Å². The summed E-state index contributed by atoms with van der Waals surface area (Å²) < 4.78 is 11.3. The molecule has 1 N–H and O–H groups in total. The average Bonchev–Trinajstić information content (AvgIpc) is 2.79. The Bertz CT molecular complexity index is 480. The van der Waals surface area contributed by atoms with Crippen LogP contribution >= 0.6 is 11.3 Å². The summed E-state index contributed by atoms with van der Waals surface area (Å²) in [5.41, 5.74) is 1.01. The zero-order chi connectivity index (χ0) is 11.4. The molecule has 1 unspecified atom stereocenters. The van der Waals surface area contributed by atoms with Crippen molar-refractivity contribution < 1.29 is 4.21 Å². The Hall–Kier alpha value is -1.13. The minimum Gasteiger partial charge on any atom is -0.380 e. The van der Waals surface area contributed by atoms with E-state index in [0.717, 1.165) is 17.1 Å². The summed E-state index contributed by atoms with van der Waals surface area (Å²) >= 11 is 1.73. The molecule has 0 saturated heterocycles. The summed E-state index contributed by atoms with van der Waals surface area (Å²) in [7, 11) is -0.917. The van der Waals surface area contributed by atoms with Crippen molar-refractivity contribution in [2.75, 3.05) is 11.6 Å². The van der Waals surface area contributed by atoms with Crippen molar-refractivity contribution in [3.8, 4) is 0 Å². The van der Waals surface area contributed by atoms with Crippen molar-refractivity contribution in [3.63, 3.8) is 0 Å². The highest BCUT2D eigenvalue weighted by Crippen LogP contribution is 2.15. The van der Waals surface area contributed by atoms with Gasteiger partial charge in [-0.05, 0) is 29.6 Å². The van der Waals surface area contributed by atoms with Crippen molar-refractivity contribution in [2.24, 2.45) is 0 Å². The highest BCUT2D eigenvalue weighted by atomic mass is 32.2. The van der Waals surface area contributed by atoms with Crippen LogP contribution in [0.5, 0.6) is 0 Å². The maximum Gasteiger partial charge on any atom is 0.0498 e. The van der Waals surface area contributed by atoms with E-state index in [1.54, 1.807) is 17.6 Å². The third-order valence-electron chi connectivity index (χ3n) is 2.21. The fraction of sp³-hybridized carbons (Fsp3) is 0.167. The Labute approximate surface area is 102 Å². The van der Waals surface area contributed by atoms with Crippen molar-refractivity contribution in [1.29, 1.82) is 0 Å². The zero-order valence-corrected chi connectivity index (χ0v) is 10.6. The molecule has 2 rings (SSSR count). The lowest BCUT2D eigenvalue weighted by Crippen LogP contribution is -1.98. The van der Waals surface area contributed by atoms with Crippen LogP contribution in [0, 0.1) is 0 Å². The smallest absolute Gasteiger partial charge is 0.0498 e. The number of hydrogen-bond acceptors (Lipinski definition) is 3. The standard InChI is InChI=1S/C12H13NOS2/c1-16(14)12-6-2-4-10(8-12)13-9-11-5-3-7-15-11/h2-8,13H,9H2,1H3. The van der Waals surface area contributed by atoms with Crippen LogP contribution in [0.1, 0.15) is 4.88 Å². The van der Waals surface area contributed by atoms with Gasteiger partial charge in [0.05, 0.1) is 0 Å². The number of nitrogens with one attached hydrogen (secondary N) is 1. The molecule has 1 heterocycles. The molecule has 0 radical (unpaired) electrons. The second kappa shape index (κ2) is 5.27. The van der Waals surface area contributed by atoms with Crippen LogP contribution in [0.4, 0.5) is 5.69 Å². The van der Waals surface area contributed by atoms with Gasteiger partial charge in [0.2, 0.25) is 0 Å². The molecule has 0 amide bonds. The first-order valence-corrected chi connectivity index (χ1v) is 7.39. The lowest BCUT2D eigenvalue weighted by Gasteiger charge is -2.05. The van der Waals surface area contributed by atoms with E-state index in [1.807, 2.05) is 30.3 Å². The molecule has 1 aromatic carbocycles. The molecule has 1 aromatic heterocycles. The van der Waals surface area contributed by atoms with E-state index in [0.29, 0.717) is 0 Å². The Kier molecular flexibility index (Phi) is 3.74. The highest BCUT2D eigenvalue weighted by Gasteiger charge is 1.99. The molecule has 0 bridgehead atoms. The second-order valence-corrected chi connectivity index (χ2v) is 5.83. The van der Waals surface area contributed by atoms with Crippen LogP contribution in [0.25, 0.3) is 0 Å². The van der Waals surface area contributed by atoms with E-state index >= 15 is 0 Å². The normalized spacial score (nSPS) is 12.3. The van der Waals surface area contributed by atoms with Gasteiger partial charge >= 0.3 is 0 Å². The molecule has 2 aromatic rings. The highest BCUT2D eigenvalue weighted by molar-refractivity contribution is 7.84. The topological polar surface area (TPSA) is 29.1 Å². The summed E-state index contributed by atoms with van der Waals surface area (Å²) in [5.74, 6) is 0. The largest absolute Gasteiger partial charge is 0.380 e. The van der Waals surface area contributed by atoms with E-state index in [2.05, 4.69) is 16.8 Å². The summed E-state index contributed by atoms with van der Waals surface area (Å²) in [4.78, 5) is 2.15. The fourth-order valence-corrected chi connectivity index (χ4v) is 2.59. The molecule has 84 valence electrons. The first kappa shape index (κ1) is 11.4. The van der Waals surface area contributed by atoms with Gasteiger partial charge in [-0.25, -0.2) is 0 Å². The van der Waals surface area contributed by atoms with Crippen LogP contribution in [0.3, 0.4) is 0 Å². The van der Waals surface area contributed by atoms with Gasteiger partial charge in [0.1, 0.15) is 0 Å². The lowest BCUT2D eigenvalue weighted by molar-refractivity contribution is 0.687. The monoisotopic (exact) mass is 251 g/mol. The number of anilines is 1. The third kappa shape index (κ3) is 2.93. The van der Waals surface area contributed by atoms with Crippen LogP contribution < -0.4 is 5.32 Å². The number of thiophene rings is 1. The van der Waals surface area contributed by atoms with E-state index in [4.69, 9.17) is 0 Å². The Morgan fingerprint density at radius 1 is 1.31 bits per heavy atom. The average molecular weight is 251 g/mol. The van der Waals surface area contributed by atoms with Crippen molar-refractivity contribution in [1.82, 2.24) is 0 Å². The minimum atomic E-state index is -0.917. The quantitative estimate of drug-likeness (QED) is 0.904. The predicted octanol–water partition coefficient (Wildman–Crippen LogP) is 3.10. The lowest BCUT2D eigenvalue weighted by atomic mass is 10.3. The van der Waals surface area contributed by atoms with Crippen molar-refractivity contribution in [3.05, 3.63) is 46.7 Å². The molecular formula is C12H13NOS2. The SMILES string of the molecule is CS(=O)c1cccc(NCc2cccs2)c1. The Balaban J connectivity index is 2.04. The van der Waals surface area contributed by atoms with Crippen molar-refractivity contribution >= 4 is 27.8 Å². The fourth-order valence-electron chi connectivity index (χ4n) is 1.39. The Morgan fingerprint density at radius 3 is 2.88 bits per heavy atom. The molecular weight excluding hydrogens is 238 g/mol. The predicted molar refractivity (Wildman–Crippen MR) is 70.4 cm³/mol. The first-order valence-electron chi connectivity index (χ1n) is 4.95. The summed E-state index contributed by atoms with van der Waals surface area (Å²) in [5, 5.41) is 5.38. The van der Waals surface area contributed by atoms with E-state index in [9.17, 15) is 4.21 Å². The molecule has 4 heteroatoms. The maximum atomic E-state index is 11.3. The van der Waals surface area contributed by atoms with Gasteiger partial charge in [-0.15, -0.1) is 11.3 Å². The maximum absolute atomic E-state index is 11.3.